The number of carbonyl (C=O) groups excluding carboxylic acids is 1. The first kappa shape index (κ1) is 15.5. The van der Waals surface area contributed by atoms with Crippen LogP contribution in [0.3, 0.4) is 0 Å². The summed E-state index contributed by atoms with van der Waals surface area (Å²) < 4.78 is 5.89. The quantitative estimate of drug-likeness (QED) is 0.878. The van der Waals surface area contributed by atoms with Gasteiger partial charge in [0.05, 0.1) is 12.6 Å². The molecule has 3 rings (SSSR count). The zero-order valence-corrected chi connectivity index (χ0v) is 13.2. The van der Waals surface area contributed by atoms with Gasteiger partial charge in [-0.2, -0.15) is 0 Å². The van der Waals surface area contributed by atoms with Crippen LogP contribution in [0.25, 0.3) is 6.08 Å². The number of fused-ring (bicyclic) bond motifs is 1. The maximum atomic E-state index is 12.1. The molecule has 0 aromatic heterocycles. The van der Waals surface area contributed by atoms with E-state index >= 15 is 0 Å². The van der Waals surface area contributed by atoms with Gasteiger partial charge in [0.2, 0.25) is 5.91 Å². The molecule has 0 aliphatic carbocycles. The van der Waals surface area contributed by atoms with Gasteiger partial charge in [0.25, 0.3) is 0 Å². The van der Waals surface area contributed by atoms with Crippen molar-refractivity contribution in [1.29, 1.82) is 0 Å². The number of hydrogen-bond acceptors (Lipinski definition) is 2. The van der Waals surface area contributed by atoms with Gasteiger partial charge in [-0.05, 0) is 36.1 Å². The van der Waals surface area contributed by atoms with E-state index in [0.29, 0.717) is 6.61 Å². The van der Waals surface area contributed by atoms with E-state index in [1.165, 1.54) is 11.1 Å². The Morgan fingerprint density at radius 1 is 1.17 bits per heavy atom. The molecule has 2 aromatic carbocycles. The molecule has 1 aliphatic rings. The summed E-state index contributed by atoms with van der Waals surface area (Å²) in [5.74, 6) is -0.104. The highest BCUT2D eigenvalue weighted by Gasteiger charge is 2.26. The summed E-state index contributed by atoms with van der Waals surface area (Å²) >= 11 is 0. The standard InChI is InChI=1S/C20H21NO2/c1-15(20-18-10-6-5-9-17(18)13-14-23-20)21-19(22)12-11-16-7-3-2-4-8-16/h2-12,15,20H,13-14H2,1H3,(H,21,22)/b12-11+/t15-,20-/m1/s1. The van der Waals surface area contributed by atoms with Gasteiger partial charge < -0.3 is 10.1 Å². The molecule has 0 fully saturated rings. The molecule has 0 saturated carbocycles. The van der Waals surface area contributed by atoms with Crippen molar-refractivity contribution in [2.75, 3.05) is 6.61 Å². The zero-order chi connectivity index (χ0) is 16.1. The number of carbonyl (C=O) groups is 1. The Hall–Kier alpha value is -2.39. The second kappa shape index (κ2) is 7.25. The molecule has 2 atom stereocenters. The average molecular weight is 307 g/mol. The lowest BCUT2D eigenvalue weighted by atomic mass is 9.94. The van der Waals surface area contributed by atoms with Crippen molar-refractivity contribution in [3.8, 4) is 0 Å². The summed E-state index contributed by atoms with van der Waals surface area (Å²) in [5, 5.41) is 3.01. The van der Waals surface area contributed by atoms with Crippen molar-refractivity contribution < 1.29 is 9.53 Å². The zero-order valence-electron chi connectivity index (χ0n) is 13.2. The minimum Gasteiger partial charge on any atom is -0.371 e. The van der Waals surface area contributed by atoms with Gasteiger partial charge in [0.1, 0.15) is 6.10 Å². The van der Waals surface area contributed by atoms with E-state index < -0.39 is 0 Å². The Labute approximate surface area is 137 Å². The van der Waals surface area contributed by atoms with E-state index in [1.54, 1.807) is 6.08 Å². The van der Waals surface area contributed by atoms with Gasteiger partial charge in [-0.3, -0.25) is 4.79 Å². The molecule has 1 N–H and O–H groups in total. The second-order valence-corrected chi connectivity index (χ2v) is 5.78. The molecule has 118 valence electrons. The Morgan fingerprint density at radius 2 is 1.91 bits per heavy atom. The van der Waals surface area contributed by atoms with Crippen molar-refractivity contribution in [2.24, 2.45) is 0 Å². The van der Waals surface area contributed by atoms with Gasteiger partial charge in [-0.15, -0.1) is 0 Å². The molecule has 23 heavy (non-hydrogen) atoms. The molecule has 0 spiro atoms. The maximum Gasteiger partial charge on any atom is 0.244 e. The first-order valence-electron chi connectivity index (χ1n) is 7.97. The van der Waals surface area contributed by atoms with Gasteiger partial charge >= 0.3 is 0 Å². The molecule has 1 heterocycles. The highest BCUT2D eigenvalue weighted by Crippen LogP contribution is 2.29. The van der Waals surface area contributed by atoms with Crippen LogP contribution in [0.4, 0.5) is 0 Å². The van der Waals surface area contributed by atoms with Crippen LogP contribution in [0.1, 0.15) is 29.7 Å². The molecule has 1 amide bonds. The molecule has 2 aromatic rings. The fraction of sp³-hybridized carbons (Fsp3) is 0.250. The smallest absolute Gasteiger partial charge is 0.244 e. The lowest BCUT2D eigenvalue weighted by Gasteiger charge is -2.30. The van der Waals surface area contributed by atoms with E-state index in [-0.39, 0.29) is 18.1 Å². The molecule has 0 unspecified atom stereocenters. The maximum absolute atomic E-state index is 12.1. The van der Waals surface area contributed by atoms with E-state index in [0.717, 1.165) is 12.0 Å². The van der Waals surface area contributed by atoms with Gasteiger partial charge in [-0.25, -0.2) is 0 Å². The minimum absolute atomic E-state index is 0.0793. The normalized spacial score (nSPS) is 18.4. The third-order valence-corrected chi connectivity index (χ3v) is 4.08. The van der Waals surface area contributed by atoms with E-state index in [1.807, 2.05) is 55.5 Å². The van der Waals surface area contributed by atoms with Crippen LogP contribution in [0.2, 0.25) is 0 Å². The first-order valence-corrected chi connectivity index (χ1v) is 7.97. The molecule has 0 saturated heterocycles. The minimum atomic E-state index is -0.104. The topological polar surface area (TPSA) is 38.3 Å². The number of benzene rings is 2. The van der Waals surface area contributed by atoms with E-state index in [9.17, 15) is 4.79 Å². The highest BCUT2D eigenvalue weighted by molar-refractivity contribution is 5.91. The number of hydrogen-bond donors (Lipinski definition) is 1. The predicted molar refractivity (Wildman–Crippen MR) is 91.9 cm³/mol. The van der Waals surface area contributed by atoms with Crippen molar-refractivity contribution in [3.63, 3.8) is 0 Å². The fourth-order valence-corrected chi connectivity index (χ4v) is 2.92. The van der Waals surface area contributed by atoms with Crippen LogP contribution in [0, 0.1) is 0 Å². The van der Waals surface area contributed by atoms with Crippen LogP contribution < -0.4 is 5.32 Å². The summed E-state index contributed by atoms with van der Waals surface area (Å²) in [6.45, 7) is 2.68. The number of nitrogens with one attached hydrogen (secondary N) is 1. The second-order valence-electron chi connectivity index (χ2n) is 5.78. The van der Waals surface area contributed by atoms with Gasteiger partial charge in [0.15, 0.2) is 0 Å². The van der Waals surface area contributed by atoms with Crippen molar-refractivity contribution in [3.05, 3.63) is 77.4 Å². The predicted octanol–water partition coefficient (Wildman–Crippen LogP) is 3.52. The molecule has 3 heteroatoms. The molecular weight excluding hydrogens is 286 g/mol. The summed E-state index contributed by atoms with van der Waals surface area (Å²) in [4.78, 5) is 12.1. The Morgan fingerprint density at radius 3 is 2.74 bits per heavy atom. The van der Waals surface area contributed by atoms with E-state index in [2.05, 4.69) is 17.4 Å². The molecule has 0 radical (unpaired) electrons. The first-order chi connectivity index (χ1) is 11.2. The average Bonchev–Trinajstić information content (AvgIpc) is 2.60. The lowest BCUT2D eigenvalue weighted by Crippen LogP contribution is -2.39. The summed E-state index contributed by atoms with van der Waals surface area (Å²) in [7, 11) is 0. The van der Waals surface area contributed by atoms with Crippen LogP contribution in [0.15, 0.2) is 60.7 Å². The van der Waals surface area contributed by atoms with Crippen LogP contribution >= 0.6 is 0 Å². The lowest BCUT2D eigenvalue weighted by molar-refractivity contribution is -0.118. The fourth-order valence-electron chi connectivity index (χ4n) is 2.92. The van der Waals surface area contributed by atoms with E-state index in [4.69, 9.17) is 4.74 Å². The third kappa shape index (κ3) is 3.88. The Balaban J connectivity index is 1.64. The largest absolute Gasteiger partial charge is 0.371 e. The SMILES string of the molecule is C[C@@H](NC(=O)/C=C/c1ccccc1)[C@H]1OCCc2ccccc21. The van der Waals surface area contributed by atoms with Crippen molar-refractivity contribution >= 4 is 12.0 Å². The van der Waals surface area contributed by atoms with Gasteiger partial charge in [0, 0.05) is 6.08 Å². The summed E-state index contributed by atoms with van der Waals surface area (Å²) in [6, 6.07) is 18.0. The monoisotopic (exact) mass is 307 g/mol. The Bertz CT molecular complexity index is 694. The van der Waals surface area contributed by atoms with Crippen LogP contribution in [0.5, 0.6) is 0 Å². The summed E-state index contributed by atoms with van der Waals surface area (Å²) in [6.07, 6.45) is 4.23. The number of amides is 1. The molecular formula is C20H21NO2. The summed E-state index contributed by atoms with van der Waals surface area (Å²) in [5.41, 5.74) is 3.50. The van der Waals surface area contributed by atoms with Crippen LogP contribution in [-0.2, 0) is 16.0 Å². The third-order valence-electron chi connectivity index (χ3n) is 4.08. The number of ether oxygens (including phenoxy) is 1. The molecule has 0 bridgehead atoms. The molecule has 1 aliphatic heterocycles. The van der Waals surface area contributed by atoms with Crippen molar-refractivity contribution in [2.45, 2.75) is 25.5 Å². The number of rotatable bonds is 4. The Kier molecular flexibility index (Phi) is 4.89. The van der Waals surface area contributed by atoms with Gasteiger partial charge in [-0.1, -0.05) is 54.6 Å². The highest BCUT2D eigenvalue weighted by atomic mass is 16.5. The van der Waals surface area contributed by atoms with Crippen LogP contribution in [-0.4, -0.2) is 18.6 Å². The molecule has 3 nitrogen and oxygen atoms in total. The van der Waals surface area contributed by atoms with Crippen molar-refractivity contribution in [1.82, 2.24) is 5.32 Å².